The van der Waals surface area contributed by atoms with Gasteiger partial charge >= 0.3 is 12.0 Å². The zero-order chi connectivity index (χ0) is 24.5. The Balaban J connectivity index is 2.17. The average Bonchev–Trinajstić information content (AvgIpc) is 3.09. The number of aromatic nitrogens is 1. The van der Waals surface area contributed by atoms with Crippen molar-refractivity contribution in [3.8, 4) is 0 Å². The Morgan fingerprint density at radius 1 is 1.24 bits per heavy atom. The third-order valence-corrected chi connectivity index (χ3v) is 6.07. The summed E-state index contributed by atoms with van der Waals surface area (Å²) in [5, 5.41) is 0.971. The molecule has 2 aromatic rings. The number of hydrogen-bond donors (Lipinski definition) is 1. The fourth-order valence-electron chi connectivity index (χ4n) is 4.60. The molecule has 178 valence electrons. The lowest BCUT2D eigenvalue weighted by molar-refractivity contribution is -0.145. The third kappa shape index (κ3) is 4.60. The molecule has 0 fully saturated rings. The number of esters is 1. The summed E-state index contributed by atoms with van der Waals surface area (Å²) in [6, 6.07) is 5.67. The second-order valence-corrected chi connectivity index (χ2v) is 9.29. The maximum atomic E-state index is 13.0. The Morgan fingerprint density at radius 3 is 2.55 bits per heavy atom. The van der Waals surface area contributed by atoms with Crippen LogP contribution in [0.2, 0.25) is 0 Å². The number of nitrogens with zero attached hydrogens (tertiary/aromatic N) is 3. The number of H-pyrrole nitrogens is 1. The standard InChI is InChI=1S/C25H34N4O4/c1-8-10-20(30)29-14-18(23(31)33-9-2)22-21(25(3,4)15-29)17-12-11-16(13-19(17)26-22)28(7)24(32)27(5)6/h8,10-13,18,26H,9,14-15H2,1-7H3/b10-8+. The van der Waals surface area contributed by atoms with Crippen molar-refractivity contribution in [1.29, 1.82) is 0 Å². The monoisotopic (exact) mass is 454 g/mol. The molecule has 1 atom stereocenters. The third-order valence-electron chi connectivity index (χ3n) is 6.07. The van der Waals surface area contributed by atoms with Crippen LogP contribution in [0.1, 0.15) is 44.9 Å². The van der Waals surface area contributed by atoms with E-state index in [2.05, 4.69) is 18.8 Å². The van der Waals surface area contributed by atoms with Gasteiger partial charge in [-0.1, -0.05) is 26.0 Å². The highest BCUT2D eigenvalue weighted by Crippen LogP contribution is 2.41. The molecule has 1 aromatic carbocycles. The molecule has 8 nitrogen and oxygen atoms in total. The van der Waals surface area contributed by atoms with Crippen LogP contribution in [0, 0.1) is 0 Å². The maximum absolute atomic E-state index is 13.0. The van der Waals surface area contributed by atoms with Gasteiger partial charge in [0.25, 0.3) is 0 Å². The molecule has 8 heteroatoms. The number of ether oxygens (including phenoxy) is 1. The highest BCUT2D eigenvalue weighted by Gasteiger charge is 2.41. The molecule has 1 unspecified atom stereocenters. The van der Waals surface area contributed by atoms with Crippen molar-refractivity contribution in [2.45, 2.75) is 39.0 Å². The number of carbonyl (C=O) groups excluding carboxylic acids is 3. The lowest BCUT2D eigenvalue weighted by atomic mass is 9.81. The summed E-state index contributed by atoms with van der Waals surface area (Å²) >= 11 is 0. The number of anilines is 1. The molecule has 3 rings (SSSR count). The van der Waals surface area contributed by atoms with E-state index >= 15 is 0 Å². The van der Waals surface area contributed by atoms with Gasteiger partial charge in [-0.15, -0.1) is 0 Å². The topological polar surface area (TPSA) is 86.0 Å². The molecular formula is C25H34N4O4. The van der Waals surface area contributed by atoms with Gasteiger partial charge < -0.3 is 19.5 Å². The number of benzene rings is 1. The van der Waals surface area contributed by atoms with Crippen LogP contribution < -0.4 is 4.90 Å². The van der Waals surface area contributed by atoms with Crippen molar-refractivity contribution in [2.24, 2.45) is 0 Å². The molecule has 2 heterocycles. The number of carbonyl (C=O) groups is 3. The molecule has 1 aromatic heterocycles. The first-order chi connectivity index (χ1) is 15.5. The molecule has 1 aliphatic heterocycles. The molecule has 0 aliphatic carbocycles. The fourth-order valence-corrected chi connectivity index (χ4v) is 4.60. The van der Waals surface area contributed by atoms with Crippen LogP contribution in [0.4, 0.5) is 10.5 Å². The Morgan fingerprint density at radius 2 is 1.94 bits per heavy atom. The molecule has 0 bridgehead atoms. The highest BCUT2D eigenvalue weighted by molar-refractivity contribution is 5.97. The number of fused-ring (bicyclic) bond motifs is 3. The average molecular weight is 455 g/mol. The Hall–Kier alpha value is -3.29. The van der Waals surface area contributed by atoms with E-state index in [4.69, 9.17) is 4.74 Å². The lowest BCUT2D eigenvalue weighted by Crippen LogP contribution is -2.40. The number of nitrogens with one attached hydrogen (secondary N) is 1. The van der Waals surface area contributed by atoms with Crippen LogP contribution in [-0.2, 0) is 19.7 Å². The summed E-state index contributed by atoms with van der Waals surface area (Å²) in [6.07, 6.45) is 3.24. The molecular weight excluding hydrogens is 420 g/mol. The van der Waals surface area contributed by atoms with Gasteiger partial charge in [-0.2, -0.15) is 0 Å². The first kappa shape index (κ1) is 24.4. The van der Waals surface area contributed by atoms with E-state index in [9.17, 15) is 14.4 Å². The minimum atomic E-state index is -0.632. The van der Waals surface area contributed by atoms with Crippen LogP contribution in [0.5, 0.6) is 0 Å². The summed E-state index contributed by atoms with van der Waals surface area (Å²) in [5.41, 5.74) is 2.93. The summed E-state index contributed by atoms with van der Waals surface area (Å²) < 4.78 is 5.39. The number of aromatic amines is 1. The molecule has 0 saturated carbocycles. The van der Waals surface area contributed by atoms with Crippen LogP contribution in [0.3, 0.4) is 0 Å². The normalized spacial score (nSPS) is 17.5. The number of urea groups is 1. The van der Waals surface area contributed by atoms with Gasteiger partial charge in [0.1, 0.15) is 5.92 Å². The van der Waals surface area contributed by atoms with Crippen LogP contribution >= 0.6 is 0 Å². The van der Waals surface area contributed by atoms with Crippen molar-refractivity contribution in [3.05, 3.63) is 41.6 Å². The highest BCUT2D eigenvalue weighted by atomic mass is 16.5. The van der Waals surface area contributed by atoms with Crippen molar-refractivity contribution in [1.82, 2.24) is 14.8 Å². The van der Waals surface area contributed by atoms with Gasteiger partial charge in [-0.05, 0) is 37.6 Å². The summed E-state index contributed by atoms with van der Waals surface area (Å²) in [4.78, 5) is 46.5. The summed E-state index contributed by atoms with van der Waals surface area (Å²) in [6.45, 7) is 8.70. The van der Waals surface area contributed by atoms with Gasteiger partial charge in [0, 0.05) is 61.9 Å². The fraction of sp³-hybridized carbons (Fsp3) is 0.480. The molecule has 0 saturated heterocycles. The molecule has 1 N–H and O–H groups in total. The minimum absolute atomic E-state index is 0.125. The van der Waals surface area contributed by atoms with E-state index < -0.39 is 11.3 Å². The second kappa shape index (κ2) is 9.29. The quantitative estimate of drug-likeness (QED) is 0.565. The smallest absolute Gasteiger partial charge is 0.323 e. The molecule has 1 aliphatic rings. The van der Waals surface area contributed by atoms with Crippen molar-refractivity contribution >= 4 is 34.5 Å². The van der Waals surface area contributed by atoms with Gasteiger partial charge in [-0.25, -0.2) is 4.79 Å². The van der Waals surface area contributed by atoms with Gasteiger partial charge in [0.05, 0.1) is 6.61 Å². The Bertz CT molecular complexity index is 1100. The lowest BCUT2D eigenvalue weighted by Gasteiger charge is -2.30. The minimum Gasteiger partial charge on any atom is -0.465 e. The summed E-state index contributed by atoms with van der Waals surface area (Å²) in [7, 11) is 5.15. The van der Waals surface area contributed by atoms with E-state index in [1.165, 1.54) is 11.0 Å². The van der Waals surface area contributed by atoms with Gasteiger partial charge in [-0.3, -0.25) is 14.5 Å². The van der Waals surface area contributed by atoms with Crippen molar-refractivity contribution in [3.63, 3.8) is 0 Å². The van der Waals surface area contributed by atoms with Gasteiger partial charge in [0.15, 0.2) is 0 Å². The summed E-state index contributed by atoms with van der Waals surface area (Å²) in [5.74, 6) is -1.12. The number of amides is 3. The SMILES string of the molecule is C/C=C/C(=O)N1CC(C(=O)OCC)c2[nH]c3cc(N(C)C(=O)N(C)C)ccc3c2C(C)(C)C1. The van der Waals surface area contributed by atoms with Crippen LogP contribution in [-0.4, -0.2) is 73.5 Å². The largest absolute Gasteiger partial charge is 0.465 e. The number of allylic oxidation sites excluding steroid dienone is 1. The van der Waals surface area contributed by atoms with E-state index in [-0.39, 0.29) is 31.1 Å². The number of hydrogen-bond acceptors (Lipinski definition) is 4. The molecule has 0 spiro atoms. The van der Waals surface area contributed by atoms with Crippen molar-refractivity contribution in [2.75, 3.05) is 45.7 Å². The zero-order valence-electron chi connectivity index (χ0n) is 20.6. The predicted octanol–water partition coefficient (Wildman–Crippen LogP) is 3.63. The van der Waals surface area contributed by atoms with E-state index in [0.717, 1.165) is 27.8 Å². The Labute approximate surface area is 195 Å². The maximum Gasteiger partial charge on any atom is 0.323 e. The van der Waals surface area contributed by atoms with Crippen molar-refractivity contribution < 1.29 is 19.1 Å². The van der Waals surface area contributed by atoms with Crippen LogP contribution in [0.25, 0.3) is 10.9 Å². The zero-order valence-corrected chi connectivity index (χ0v) is 20.6. The predicted molar refractivity (Wildman–Crippen MR) is 130 cm³/mol. The molecule has 33 heavy (non-hydrogen) atoms. The first-order valence-corrected chi connectivity index (χ1v) is 11.2. The second-order valence-electron chi connectivity index (χ2n) is 9.29. The first-order valence-electron chi connectivity index (χ1n) is 11.2. The van der Waals surface area contributed by atoms with E-state index in [1.807, 2.05) is 18.2 Å². The Kier molecular flexibility index (Phi) is 6.86. The number of rotatable bonds is 4. The van der Waals surface area contributed by atoms with Gasteiger partial charge in [0.2, 0.25) is 5.91 Å². The van der Waals surface area contributed by atoms with E-state index in [0.29, 0.717) is 6.54 Å². The molecule has 0 radical (unpaired) electrons. The molecule has 3 amide bonds. The van der Waals surface area contributed by atoms with E-state index in [1.54, 1.807) is 50.9 Å². The van der Waals surface area contributed by atoms with Crippen LogP contribution in [0.15, 0.2) is 30.4 Å².